The van der Waals surface area contributed by atoms with Gasteiger partial charge in [-0.2, -0.15) is 26.3 Å². The van der Waals surface area contributed by atoms with Crippen molar-refractivity contribution >= 4 is 16.8 Å². The second kappa shape index (κ2) is 9.34. The number of benzene rings is 1. The average molecular weight is 467 g/mol. The van der Waals surface area contributed by atoms with Crippen molar-refractivity contribution in [3.63, 3.8) is 0 Å². The molecule has 1 aromatic rings. The second-order valence-corrected chi connectivity index (χ2v) is 8.10. The van der Waals surface area contributed by atoms with Gasteiger partial charge in [-0.3, -0.25) is 14.6 Å². The molecule has 1 fully saturated rings. The Hall–Kier alpha value is -1.84. The zero-order valence-electron chi connectivity index (χ0n) is 16.4. The number of allylic oxidation sites excluding steroid dienone is 3. The van der Waals surface area contributed by atoms with Crippen LogP contribution in [0.1, 0.15) is 23.6 Å². The first-order valence-corrected chi connectivity index (χ1v) is 10.1. The molecule has 0 radical (unpaired) electrons. The number of alkyl halides is 6. The minimum absolute atomic E-state index is 0.0495. The Bertz CT molecular complexity index is 856. The molecule has 170 valence electrons. The van der Waals surface area contributed by atoms with Crippen LogP contribution in [0.3, 0.4) is 0 Å². The molecule has 2 aliphatic rings. The van der Waals surface area contributed by atoms with Crippen molar-refractivity contribution in [2.45, 2.75) is 24.8 Å². The molecule has 2 unspecified atom stereocenters. The van der Waals surface area contributed by atoms with Gasteiger partial charge in [0.1, 0.15) is 0 Å². The molecule has 1 aromatic carbocycles. The largest absolute Gasteiger partial charge is 0.416 e. The lowest BCUT2D eigenvalue weighted by atomic mass is 9.83. The van der Waals surface area contributed by atoms with Crippen LogP contribution < -0.4 is 0 Å². The van der Waals surface area contributed by atoms with E-state index in [9.17, 15) is 31.1 Å². The number of piperazine rings is 1. The first-order chi connectivity index (χ1) is 14.4. The van der Waals surface area contributed by atoms with Crippen LogP contribution in [0.5, 0.6) is 0 Å². The normalized spacial score (nSPS) is 22.3. The zero-order chi connectivity index (χ0) is 22.8. The lowest BCUT2D eigenvalue weighted by molar-refractivity contribution is -0.137. The van der Waals surface area contributed by atoms with Gasteiger partial charge in [0.15, 0.2) is 0 Å². The van der Waals surface area contributed by atoms with Crippen LogP contribution >= 0.6 is 11.6 Å². The van der Waals surface area contributed by atoms with Crippen LogP contribution in [0.25, 0.3) is 0 Å². The molecule has 0 spiro atoms. The van der Waals surface area contributed by atoms with Crippen molar-refractivity contribution in [3.8, 4) is 0 Å². The van der Waals surface area contributed by atoms with Crippen molar-refractivity contribution < 1.29 is 31.1 Å². The molecule has 0 bridgehead atoms. The number of hydrogen-bond donors (Lipinski definition) is 0. The van der Waals surface area contributed by atoms with E-state index < -0.39 is 40.7 Å². The molecule has 3 rings (SSSR count). The fraction of sp³-hybridized carbons (Fsp3) is 0.476. The van der Waals surface area contributed by atoms with E-state index in [4.69, 9.17) is 11.6 Å². The summed E-state index contributed by atoms with van der Waals surface area (Å²) < 4.78 is 79.7. The molecule has 0 amide bonds. The summed E-state index contributed by atoms with van der Waals surface area (Å²) in [6.45, 7) is 1.70. The van der Waals surface area contributed by atoms with Crippen LogP contribution in [0, 0.1) is 5.92 Å². The van der Waals surface area contributed by atoms with Crippen molar-refractivity contribution in [2.24, 2.45) is 5.92 Å². The number of hydrogen-bond acceptors (Lipinski definition) is 3. The summed E-state index contributed by atoms with van der Waals surface area (Å²) in [5, 5.41) is -0.516. The lowest BCUT2D eigenvalue weighted by Crippen LogP contribution is -2.50. The van der Waals surface area contributed by atoms with Crippen LogP contribution in [0.2, 0.25) is 0 Å². The molecule has 10 heteroatoms. The summed E-state index contributed by atoms with van der Waals surface area (Å²) in [6.07, 6.45) is -5.43. The molecule has 1 aliphatic heterocycles. The predicted molar refractivity (Wildman–Crippen MR) is 104 cm³/mol. The smallest absolute Gasteiger partial charge is 0.293 e. The van der Waals surface area contributed by atoms with Crippen LogP contribution in [0.15, 0.2) is 48.1 Å². The highest BCUT2D eigenvalue weighted by Gasteiger charge is 2.40. The summed E-state index contributed by atoms with van der Waals surface area (Å²) in [6, 6.07) is 4.09. The van der Waals surface area contributed by atoms with E-state index in [2.05, 4.69) is 0 Å². The van der Waals surface area contributed by atoms with Gasteiger partial charge in [-0.1, -0.05) is 30.4 Å². The maximum absolute atomic E-state index is 13.3. The maximum atomic E-state index is 13.3. The summed E-state index contributed by atoms with van der Waals surface area (Å²) in [7, 11) is 0. The summed E-state index contributed by atoms with van der Waals surface area (Å²) in [4.78, 5) is 14.8. The van der Waals surface area contributed by atoms with E-state index in [1.165, 1.54) is 18.2 Å². The maximum Gasteiger partial charge on any atom is 0.416 e. The molecule has 1 aliphatic carbocycles. The van der Waals surface area contributed by atoms with E-state index in [1.807, 2.05) is 9.80 Å². The Morgan fingerprint density at radius 2 is 1.74 bits per heavy atom. The quantitative estimate of drug-likeness (QED) is 0.440. The number of carbonyl (C=O) groups is 1. The summed E-state index contributed by atoms with van der Waals surface area (Å²) in [5.74, 6) is -0.647. The van der Waals surface area contributed by atoms with Crippen molar-refractivity contribution in [3.05, 3.63) is 59.2 Å². The Morgan fingerprint density at radius 1 is 1.06 bits per heavy atom. The molecule has 0 saturated carbocycles. The number of nitrogens with zero attached hydrogens (tertiary/aromatic N) is 2. The molecule has 31 heavy (non-hydrogen) atoms. The highest BCUT2D eigenvalue weighted by Crippen LogP contribution is 2.42. The fourth-order valence-electron chi connectivity index (χ4n) is 4.13. The third kappa shape index (κ3) is 6.11. The van der Waals surface area contributed by atoms with Gasteiger partial charge in [0, 0.05) is 43.7 Å². The third-order valence-corrected chi connectivity index (χ3v) is 5.70. The zero-order valence-corrected chi connectivity index (χ0v) is 17.1. The fourth-order valence-corrected chi connectivity index (χ4v) is 4.30. The van der Waals surface area contributed by atoms with Gasteiger partial charge in [0.25, 0.3) is 0 Å². The molecule has 1 saturated heterocycles. The Kier molecular flexibility index (Phi) is 7.18. The minimum Gasteiger partial charge on any atom is -0.293 e. The number of halogens is 7. The Labute approximate surface area is 180 Å². The van der Waals surface area contributed by atoms with E-state index in [0.717, 1.165) is 18.2 Å². The van der Waals surface area contributed by atoms with Gasteiger partial charge in [-0.25, -0.2) is 0 Å². The van der Waals surface area contributed by atoms with Crippen molar-refractivity contribution in [1.29, 1.82) is 0 Å². The van der Waals surface area contributed by atoms with Crippen LogP contribution in [-0.2, 0) is 11.0 Å². The van der Waals surface area contributed by atoms with E-state index >= 15 is 0 Å². The number of carbonyl (C=O) groups excluding carboxylic acids is 1. The van der Waals surface area contributed by atoms with Crippen LogP contribution in [0.4, 0.5) is 26.3 Å². The van der Waals surface area contributed by atoms with Gasteiger partial charge >= 0.3 is 12.4 Å². The average Bonchev–Trinajstić information content (AvgIpc) is 2.68. The van der Waals surface area contributed by atoms with Gasteiger partial charge < -0.3 is 0 Å². The van der Waals surface area contributed by atoms with Gasteiger partial charge in [-0.05, 0) is 35.7 Å². The van der Waals surface area contributed by atoms with E-state index in [-0.39, 0.29) is 13.0 Å². The molecular weight excluding hydrogens is 446 g/mol. The molecule has 2 atom stereocenters. The first-order valence-electron chi connectivity index (χ1n) is 9.71. The van der Waals surface area contributed by atoms with Crippen molar-refractivity contribution in [1.82, 2.24) is 9.80 Å². The van der Waals surface area contributed by atoms with E-state index in [1.54, 1.807) is 6.08 Å². The highest BCUT2D eigenvalue weighted by atomic mass is 35.5. The van der Waals surface area contributed by atoms with Crippen molar-refractivity contribution in [2.75, 3.05) is 32.7 Å². The molecule has 3 nitrogen and oxygen atoms in total. The Balaban J connectivity index is 1.90. The van der Waals surface area contributed by atoms with E-state index in [0.29, 0.717) is 31.7 Å². The SMILES string of the molecule is O=C(Cl)CN1CCN(C(c2cccc(C(F)(F)F)c2)C2C=CC=C(C(F)(F)F)C2)CC1. The standard InChI is InChI=1S/C21H21ClF6N2O/c22-18(31)13-29-7-9-30(10-8-29)19(14-3-1-5-16(11-14)20(23,24)25)15-4-2-6-17(12-15)21(26,27)28/h1-6,11,15,19H,7-10,12-13H2. The molecular formula is C21H21ClF6N2O. The number of rotatable bonds is 5. The summed E-state index contributed by atoms with van der Waals surface area (Å²) in [5.41, 5.74) is -1.23. The van der Waals surface area contributed by atoms with Gasteiger partial charge in [0.2, 0.25) is 5.24 Å². The topological polar surface area (TPSA) is 23.6 Å². The minimum atomic E-state index is -4.56. The second-order valence-electron chi connectivity index (χ2n) is 7.68. The molecule has 1 heterocycles. The predicted octanol–water partition coefficient (Wildman–Crippen LogP) is 5.19. The monoisotopic (exact) mass is 466 g/mol. The van der Waals surface area contributed by atoms with Crippen LogP contribution in [-0.4, -0.2) is 53.9 Å². The summed E-state index contributed by atoms with van der Waals surface area (Å²) >= 11 is 5.42. The molecule has 0 N–H and O–H groups in total. The highest BCUT2D eigenvalue weighted by molar-refractivity contribution is 6.64. The lowest BCUT2D eigenvalue weighted by Gasteiger charge is -2.42. The molecule has 0 aromatic heterocycles. The Morgan fingerprint density at radius 3 is 2.32 bits per heavy atom. The first kappa shape index (κ1) is 23.8. The van der Waals surface area contributed by atoms with Gasteiger partial charge in [-0.15, -0.1) is 0 Å². The van der Waals surface area contributed by atoms with Gasteiger partial charge in [0.05, 0.1) is 12.1 Å². The third-order valence-electron chi connectivity index (χ3n) is 5.58.